The van der Waals surface area contributed by atoms with Crippen LogP contribution in [0.3, 0.4) is 0 Å². The maximum atomic E-state index is 6.03. The summed E-state index contributed by atoms with van der Waals surface area (Å²) in [6.45, 7) is 2.08. The molecule has 0 spiro atoms. The summed E-state index contributed by atoms with van der Waals surface area (Å²) in [4.78, 5) is 9.41. The molecule has 0 saturated heterocycles. The third kappa shape index (κ3) is 3.32. The van der Waals surface area contributed by atoms with Gasteiger partial charge in [0.05, 0.1) is 6.20 Å². The van der Waals surface area contributed by atoms with Crippen LogP contribution in [0.25, 0.3) is 0 Å². The lowest BCUT2D eigenvalue weighted by Crippen LogP contribution is -2.20. The van der Waals surface area contributed by atoms with E-state index in [1.807, 2.05) is 6.07 Å². The van der Waals surface area contributed by atoms with E-state index in [1.165, 1.54) is 11.1 Å². The minimum Gasteiger partial charge on any atom is -0.366 e. The zero-order valence-corrected chi connectivity index (χ0v) is 11.4. The topological polar surface area (TPSA) is 75.9 Å². The van der Waals surface area contributed by atoms with Crippen LogP contribution in [0.2, 0.25) is 5.02 Å². The minimum atomic E-state index is 0.224. The van der Waals surface area contributed by atoms with Gasteiger partial charge in [0.25, 0.3) is 0 Å². The fraction of sp³-hybridized carbons (Fsp3) is 0.273. The first kappa shape index (κ1) is 13.1. The van der Waals surface area contributed by atoms with Crippen LogP contribution in [0.4, 0.5) is 11.8 Å². The van der Waals surface area contributed by atoms with Crippen LogP contribution in [-0.2, 0) is 6.42 Å². The highest BCUT2D eigenvalue weighted by Gasteiger charge is 2.09. The van der Waals surface area contributed by atoms with Crippen molar-refractivity contribution in [1.82, 2.24) is 9.97 Å². The summed E-state index contributed by atoms with van der Waals surface area (Å²) >= 11 is 7.76. The molecule has 1 unspecified atom stereocenters. The monoisotopic (exact) mass is 283 g/mol. The number of hydrogen-bond donors (Lipinski definition) is 3. The van der Waals surface area contributed by atoms with Gasteiger partial charge in [-0.3, -0.25) is 5.43 Å². The lowest BCUT2D eigenvalue weighted by atomic mass is 10.2. The molecule has 0 saturated carbocycles. The van der Waals surface area contributed by atoms with Gasteiger partial charge in [0, 0.05) is 17.3 Å². The van der Waals surface area contributed by atoms with E-state index in [0.717, 1.165) is 6.42 Å². The molecule has 1 atom stereocenters. The molecule has 0 bridgehead atoms. The highest BCUT2D eigenvalue weighted by atomic mass is 35.5. The van der Waals surface area contributed by atoms with Gasteiger partial charge in [-0.1, -0.05) is 17.7 Å². The van der Waals surface area contributed by atoms with Crippen LogP contribution in [0.5, 0.6) is 0 Å². The summed E-state index contributed by atoms with van der Waals surface area (Å²) in [5.74, 6) is 6.19. The maximum absolute atomic E-state index is 6.03. The highest BCUT2D eigenvalue weighted by molar-refractivity contribution is 7.09. The zero-order chi connectivity index (χ0) is 13.0. The summed E-state index contributed by atoms with van der Waals surface area (Å²) in [6.07, 6.45) is 2.44. The first-order valence-corrected chi connectivity index (χ1v) is 6.73. The van der Waals surface area contributed by atoms with Gasteiger partial charge in [-0.05, 0) is 18.4 Å². The van der Waals surface area contributed by atoms with E-state index in [9.17, 15) is 0 Å². The molecule has 4 N–H and O–H groups in total. The molecule has 0 aliphatic rings. The Morgan fingerprint density at radius 2 is 2.39 bits per heavy atom. The van der Waals surface area contributed by atoms with Crippen molar-refractivity contribution in [2.24, 2.45) is 5.84 Å². The third-order valence-corrected chi connectivity index (χ3v) is 3.52. The van der Waals surface area contributed by atoms with Crippen molar-refractivity contribution in [3.63, 3.8) is 0 Å². The second-order valence-electron chi connectivity index (χ2n) is 3.86. The van der Waals surface area contributed by atoms with Crippen molar-refractivity contribution in [3.05, 3.63) is 33.6 Å². The Hall–Kier alpha value is -1.37. The van der Waals surface area contributed by atoms with Crippen molar-refractivity contribution >= 4 is 34.7 Å². The first-order chi connectivity index (χ1) is 8.69. The molecular formula is C11H14ClN5S. The van der Waals surface area contributed by atoms with Crippen LogP contribution in [0.15, 0.2) is 23.7 Å². The van der Waals surface area contributed by atoms with E-state index in [-0.39, 0.29) is 6.04 Å². The fourth-order valence-electron chi connectivity index (χ4n) is 1.55. The summed E-state index contributed by atoms with van der Waals surface area (Å²) in [5, 5.41) is 5.80. The Labute approximate surface area is 114 Å². The van der Waals surface area contributed by atoms with Crippen LogP contribution in [0, 0.1) is 0 Å². The smallest absolute Gasteiger partial charge is 0.239 e. The van der Waals surface area contributed by atoms with Crippen LogP contribution in [-0.4, -0.2) is 16.0 Å². The van der Waals surface area contributed by atoms with Gasteiger partial charge in [0.2, 0.25) is 5.95 Å². The molecule has 2 rings (SSSR count). The van der Waals surface area contributed by atoms with Crippen molar-refractivity contribution < 1.29 is 0 Å². The number of aromatic nitrogens is 2. The second kappa shape index (κ2) is 5.99. The van der Waals surface area contributed by atoms with Gasteiger partial charge in [-0.25, -0.2) is 10.8 Å². The van der Waals surface area contributed by atoms with E-state index >= 15 is 0 Å². The SMILES string of the molecule is CC(Cc1cccs1)Nc1nc(NN)ncc1Cl. The number of nitrogens with two attached hydrogens (primary N) is 1. The van der Waals surface area contributed by atoms with Crippen molar-refractivity contribution in [2.75, 3.05) is 10.7 Å². The Balaban J connectivity index is 2.04. The van der Waals surface area contributed by atoms with E-state index in [2.05, 4.69) is 39.1 Å². The quantitative estimate of drug-likeness (QED) is 0.581. The molecule has 0 radical (unpaired) electrons. The van der Waals surface area contributed by atoms with Crippen LogP contribution in [0.1, 0.15) is 11.8 Å². The van der Waals surface area contributed by atoms with Gasteiger partial charge < -0.3 is 5.32 Å². The summed E-state index contributed by atoms with van der Waals surface area (Å²) < 4.78 is 0. The van der Waals surface area contributed by atoms with Gasteiger partial charge in [0.1, 0.15) is 5.02 Å². The first-order valence-electron chi connectivity index (χ1n) is 5.47. The van der Waals surface area contributed by atoms with E-state index < -0.39 is 0 Å². The van der Waals surface area contributed by atoms with Gasteiger partial charge in [-0.2, -0.15) is 4.98 Å². The fourth-order valence-corrected chi connectivity index (χ4v) is 2.53. The number of hydrogen-bond acceptors (Lipinski definition) is 6. The normalized spacial score (nSPS) is 12.2. The second-order valence-corrected chi connectivity index (χ2v) is 5.30. The molecule has 96 valence electrons. The zero-order valence-electron chi connectivity index (χ0n) is 9.85. The number of halogens is 1. The number of anilines is 2. The average molecular weight is 284 g/mol. The van der Waals surface area contributed by atoms with Gasteiger partial charge in [0.15, 0.2) is 5.82 Å². The average Bonchev–Trinajstić information content (AvgIpc) is 2.84. The predicted molar refractivity (Wildman–Crippen MR) is 76.0 cm³/mol. The van der Waals surface area contributed by atoms with Gasteiger partial charge in [-0.15, -0.1) is 11.3 Å². The summed E-state index contributed by atoms with van der Waals surface area (Å²) in [6, 6.07) is 4.37. The molecule has 2 aromatic heterocycles. The maximum Gasteiger partial charge on any atom is 0.239 e. The lowest BCUT2D eigenvalue weighted by Gasteiger charge is -2.15. The van der Waals surface area contributed by atoms with E-state index in [1.54, 1.807) is 11.3 Å². The summed E-state index contributed by atoms with van der Waals surface area (Å²) in [5.41, 5.74) is 2.39. The molecular weight excluding hydrogens is 270 g/mol. The van der Waals surface area contributed by atoms with E-state index in [4.69, 9.17) is 17.4 Å². The number of hydrazine groups is 1. The molecule has 2 aromatic rings. The molecule has 0 aliphatic carbocycles. The molecule has 7 heteroatoms. The largest absolute Gasteiger partial charge is 0.366 e. The third-order valence-electron chi connectivity index (χ3n) is 2.34. The Bertz CT molecular complexity index is 502. The Morgan fingerprint density at radius 3 is 3.06 bits per heavy atom. The predicted octanol–water partition coefficient (Wildman–Crippen LogP) is 2.52. The number of nitrogens with one attached hydrogen (secondary N) is 2. The summed E-state index contributed by atoms with van der Waals surface area (Å²) in [7, 11) is 0. The molecule has 2 heterocycles. The number of nitrogen functional groups attached to an aromatic ring is 1. The van der Waals surface area contributed by atoms with Gasteiger partial charge >= 0.3 is 0 Å². The molecule has 5 nitrogen and oxygen atoms in total. The lowest BCUT2D eigenvalue weighted by molar-refractivity contribution is 0.793. The molecule has 0 aliphatic heterocycles. The molecule has 0 aromatic carbocycles. The van der Waals surface area contributed by atoms with Crippen molar-refractivity contribution in [2.45, 2.75) is 19.4 Å². The minimum absolute atomic E-state index is 0.224. The van der Waals surface area contributed by atoms with Crippen LogP contribution < -0.4 is 16.6 Å². The Kier molecular flexibility index (Phi) is 4.35. The van der Waals surface area contributed by atoms with Crippen molar-refractivity contribution in [3.8, 4) is 0 Å². The van der Waals surface area contributed by atoms with Crippen molar-refractivity contribution in [1.29, 1.82) is 0 Å². The number of thiophene rings is 1. The highest BCUT2D eigenvalue weighted by Crippen LogP contribution is 2.21. The molecule has 18 heavy (non-hydrogen) atoms. The molecule has 0 fully saturated rings. The molecule has 0 amide bonds. The standard InChI is InChI=1S/C11H14ClN5S/c1-7(5-8-3-2-4-18-8)15-10-9(12)6-14-11(16-10)17-13/h2-4,6-7H,5,13H2,1H3,(H2,14,15,16,17). The van der Waals surface area contributed by atoms with E-state index in [0.29, 0.717) is 16.8 Å². The Morgan fingerprint density at radius 1 is 1.56 bits per heavy atom. The number of rotatable bonds is 5. The number of nitrogens with zero attached hydrogens (tertiary/aromatic N) is 2. The van der Waals surface area contributed by atoms with Crippen LogP contribution >= 0.6 is 22.9 Å².